The van der Waals surface area contributed by atoms with E-state index in [2.05, 4.69) is 15.3 Å². The first-order valence-electron chi connectivity index (χ1n) is 7.86. The summed E-state index contributed by atoms with van der Waals surface area (Å²) in [6.45, 7) is 7.00. The first-order valence-corrected chi connectivity index (χ1v) is 7.86. The van der Waals surface area contributed by atoms with Gasteiger partial charge < -0.3 is 15.0 Å². The molecule has 126 valence electrons. The van der Waals surface area contributed by atoms with Crippen LogP contribution < -0.4 is 5.32 Å². The Balaban J connectivity index is 1.80. The zero-order valence-corrected chi connectivity index (χ0v) is 13.9. The SMILES string of the molecule is CC(C)(C)OC(=O)N1CCC[C@H]1CNCC(=O)c1cnccn1. The predicted molar refractivity (Wildman–Crippen MR) is 85.2 cm³/mol. The smallest absolute Gasteiger partial charge is 0.410 e. The van der Waals surface area contributed by atoms with Crippen molar-refractivity contribution in [2.24, 2.45) is 0 Å². The Bertz CT molecular complexity index is 542. The number of carbonyl (C=O) groups excluding carboxylic acids is 2. The molecule has 0 saturated carbocycles. The van der Waals surface area contributed by atoms with Gasteiger partial charge in [-0.05, 0) is 33.6 Å². The second-order valence-electron chi connectivity index (χ2n) is 6.61. The number of hydrogen-bond donors (Lipinski definition) is 1. The van der Waals surface area contributed by atoms with Crippen molar-refractivity contribution in [2.45, 2.75) is 45.3 Å². The minimum atomic E-state index is -0.500. The molecule has 1 aliphatic heterocycles. The molecular formula is C16H24N4O3. The highest BCUT2D eigenvalue weighted by atomic mass is 16.6. The third-order valence-corrected chi connectivity index (χ3v) is 3.52. The van der Waals surface area contributed by atoms with E-state index in [1.54, 1.807) is 4.90 Å². The van der Waals surface area contributed by atoms with E-state index in [1.807, 2.05) is 20.8 Å². The van der Waals surface area contributed by atoms with Crippen molar-refractivity contribution in [1.82, 2.24) is 20.2 Å². The number of hydrogen-bond acceptors (Lipinski definition) is 6. The van der Waals surface area contributed by atoms with Crippen molar-refractivity contribution >= 4 is 11.9 Å². The molecule has 1 amide bonds. The van der Waals surface area contributed by atoms with Crippen LogP contribution in [-0.4, -0.2) is 58.0 Å². The Morgan fingerprint density at radius 2 is 2.17 bits per heavy atom. The standard InChI is InChI=1S/C16H24N4O3/c1-16(2,3)23-15(22)20-8-4-5-12(20)9-18-11-14(21)13-10-17-6-7-19-13/h6-7,10,12,18H,4-5,8-9,11H2,1-3H3/t12-/m0/s1. The van der Waals surface area contributed by atoms with Gasteiger partial charge in [0.05, 0.1) is 12.7 Å². The second-order valence-corrected chi connectivity index (χ2v) is 6.61. The van der Waals surface area contributed by atoms with E-state index >= 15 is 0 Å². The van der Waals surface area contributed by atoms with Gasteiger partial charge in [0.1, 0.15) is 11.3 Å². The molecule has 0 unspecified atom stereocenters. The molecule has 1 N–H and O–H groups in total. The number of nitrogens with zero attached hydrogens (tertiary/aromatic N) is 3. The largest absolute Gasteiger partial charge is 0.444 e. The van der Waals surface area contributed by atoms with Crippen LogP contribution in [0.2, 0.25) is 0 Å². The molecule has 0 radical (unpaired) electrons. The van der Waals surface area contributed by atoms with Crippen molar-refractivity contribution in [3.8, 4) is 0 Å². The molecule has 1 aromatic heterocycles. The van der Waals surface area contributed by atoms with Gasteiger partial charge in [-0.1, -0.05) is 0 Å². The first-order chi connectivity index (χ1) is 10.9. The molecule has 2 heterocycles. The van der Waals surface area contributed by atoms with E-state index in [4.69, 9.17) is 4.74 Å². The van der Waals surface area contributed by atoms with Crippen LogP contribution in [0.4, 0.5) is 4.79 Å². The van der Waals surface area contributed by atoms with Crippen LogP contribution in [0.1, 0.15) is 44.1 Å². The number of amides is 1. The summed E-state index contributed by atoms with van der Waals surface area (Å²) in [5.74, 6) is -0.111. The van der Waals surface area contributed by atoms with E-state index < -0.39 is 5.60 Å². The maximum atomic E-state index is 12.2. The van der Waals surface area contributed by atoms with Crippen molar-refractivity contribution in [3.05, 3.63) is 24.3 Å². The summed E-state index contributed by atoms with van der Waals surface area (Å²) < 4.78 is 5.42. The van der Waals surface area contributed by atoms with Gasteiger partial charge in [0.15, 0.2) is 5.78 Å². The molecule has 1 saturated heterocycles. The van der Waals surface area contributed by atoms with Gasteiger partial charge in [-0.25, -0.2) is 9.78 Å². The van der Waals surface area contributed by atoms with Gasteiger partial charge in [0.2, 0.25) is 0 Å². The number of carbonyl (C=O) groups is 2. The van der Waals surface area contributed by atoms with Crippen LogP contribution in [-0.2, 0) is 4.74 Å². The Morgan fingerprint density at radius 1 is 1.39 bits per heavy atom. The quantitative estimate of drug-likeness (QED) is 0.830. The average Bonchev–Trinajstić information content (AvgIpc) is 2.95. The molecule has 1 atom stereocenters. The monoisotopic (exact) mass is 320 g/mol. The highest BCUT2D eigenvalue weighted by Crippen LogP contribution is 2.20. The molecule has 1 fully saturated rings. The average molecular weight is 320 g/mol. The molecule has 7 heteroatoms. The zero-order chi connectivity index (χ0) is 16.9. The van der Waals surface area contributed by atoms with E-state index in [9.17, 15) is 9.59 Å². The molecule has 0 spiro atoms. The number of Topliss-reactive ketones (excluding diaryl/α,β-unsaturated/α-hetero) is 1. The molecule has 2 rings (SSSR count). The van der Waals surface area contributed by atoms with E-state index in [0.29, 0.717) is 18.8 Å². The van der Waals surface area contributed by atoms with Crippen LogP contribution in [0, 0.1) is 0 Å². The molecule has 7 nitrogen and oxygen atoms in total. The lowest BCUT2D eigenvalue weighted by atomic mass is 10.2. The minimum Gasteiger partial charge on any atom is -0.444 e. The number of aromatic nitrogens is 2. The third-order valence-electron chi connectivity index (χ3n) is 3.52. The Kier molecular flexibility index (Phi) is 5.65. The normalized spacial score (nSPS) is 18.0. The minimum absolute atomic E-state index is 0.0551. The molecule has 1 aliphatic rings. The maximum Gasteiger partial charge on any atom is 0.410 e. The Hall–Kier alpha value is -2.02. The number of nitrogens with one attached hydrogen (secondary N) is 1. The van der Waals surface area contributed by atoms with Gasteiger partial charge in [0.25, 0.3) is 0 Å². The zero-order valence-electron chi connectivity index (χ0n) is 13.9. The van der Waals surface area contributed by atoms with Crippen LogP contribution in [0.3, 0.4) is 0 Å². The fraction of sp³-hybridized carbons (Fsp3) is 0.625. The van der Waals surface area contributed by atoms with Crippen molar-refractivity contribution in [2.75, 3.05) is 19.6 Å². The van der Waals surface area contributed by atoms with E-state index in [-0.39, 0.29) is 24.5 Å². The van der Waals surface area contributed by atoms with E-state index in [0.717, 1.165) is 12.8 Å². The highest BCUT2D eigenvalue weighted by Gasteiger charge is 2.31. The van der Waals surface area contributed by atoms with Gasteiger partial charge in [-0.3, -0.25) is 9.78 Å². The number of ketones is 1. The summed E-state index contributed by atoms with van der Waals surface area (Å²) in [6.07, 6.45) is 6.04. The van der Waals surface area contributed by atoms with Crippen LogP contribution in [0.25, 0.3) is 0 Å². The molecule has 23 heavy (non-hydrogen) atoms. The molecule has 1 aromatic rings. The topological polar surface area (TPSA) is 84.4 Å². The van der Waals surface area contributed by atoms with Gasteiger partial charge in [-0.2, -0.15) is 0 Å². The summed E-state index contributed by atoms with van der Waals surface area (Å²) >= 11 is 0. The van der Waals surface area contributed by atoms with Gasteiger partial charge >= 0.3 is 6.09 Å². The molecular weight excluding hydrogens is 296 g/mol. The predicted octanol–water partition coefficient (Wildman–Crippen LogP) is 1.65. The number of rotatable bonds is 5. The Morgan fingerprint density at radius 3 is 2.83 bits per heavy atom. The first kappa shape index (κ1) is 17.3. The van der Waals surface area contributed by atoms with Crippen molar-refractivity contribution < 1.29 is 14.3 Å². The summed E-state index contributed by atoms with van der Waals surface area (Å²) in [7, 11) is 0. The van der Waals surface area contributed by atoms with Gasteiger partial charge in [-0.15, -0.1) is 0 Å². The van der Waals surface area contributed by atoms with Crippen LogP contribution in [0.5, 0.6) is 0 Å². The lowest BCUT2D eigenvalue weighted by Gasteiger charge is -2.28. The van der Waals surface area contributed by atoms with E-state index in [1.165, 1.54) is 18.6 Å². The van der Waals surface area contributed by atoms with Crippen molar-refractivity contribution in [3.63, 3.8) is 0 Å². The van der Waals surface area contributed by atoms with Gasteiger partial charge in [0, 0.05) is 31.5 Å². The number of ether oxygens (including phenoxy) is 1. The summed E-state index contributed by atoms with van der Waals surface area (Å²) in [4.78, 5) is 33.7. The maximum absolute atomic E-state index is 12.2. The van der Waals surface area contributed by atoms with Crippen LogP contribution >= 0.6 is 0 Å². The molecule has 0 bridgehead atoms. The fourth-order valence-corrected chi connectivity index (χ4v) is 2.49. The van der Waals surface area contributed by atoms with Crippen molar-refractivity contribution in [1.29, 1.82) is 0 Å². The molecule has 0 aromatic carbocycles. The molecule has 0 aliphatic carbocycles. The van der Waals surface area contributed by atoms with Crippen LogP contribution in [0.15, 0.2) is 18.6 Å². The highest BCUT2D eigenvalue weighted by molar-refractivity contribution is 5.95. The second kappa shape index (κ2) is 7.50. The summed E-state index contributed by atoms with van der Waals surface area (Å²) in [6, 6.07) is 0.0551. The number of likely N-dealkylation sites (tertiary alicyclic amines) is 1. The summed E-state index contributed by atoms with van der Waals surface area (Å²) in [5, 5.41) is 3.11. The fourth-order valence-electron chi connectivity index (χ4n) is 2.49. The lowest BCUT2D eigenvalue weighted by Crippen LogP contribution is -2.44. The lowest BCUT2D eigenvalue weighted by molar-refractivity contribution is 0.0227. The Labute approximate surface area is 136 Å². The summed E-state index contributed by atoms with van der Waals surface area (Å²) in [5.41, 5.74) is -0.157. The third kappa shape index (κ3) is 5.28.